The summed E-state index contributed by atoms with van der Waals surface area (Å²) in [5, 5.41) is 9.64. The average Bonchev–Trinajstić information content (AvgIpc) is 2.90. The molecule has 1 aliphatic heterocycles. The summed E-state index contributed by atoms with van der Waals surface area (Å²) in [5.74, 6) is 1.01. The van der Waals surface area contributed by atoms with Gasteiger partial charge < -0.3 is 10.6 Å². The van der Waals surface area contributed by atoms with Crippen molar-refractivity contribution in [2.24, 2.45) is 11.8 Å². The third kappa shape index (κ3) is 6.03. The highest BCUT2D eigenvalue weighted by Crippen LogP contribution is 2.34. The Morgan fingerprint density at radius 3 is 2.74 bits per heavy atom. The molecule has 2 aromatic heterocycles. The third-order valence-corrected chi connectivity index (χ3v) is 7.72. The number of nitrogen functional groups attached to an aromatic ring is 1. The summed E-state index contributed by atoms with van der Waals surface area (Å²) < 4.78 is 0. The Kier molecular flexibility index (Phi) is 8.43. The first-order valence-corrected chi connectivity index (χ1v) is 13.3. The van der Waals surface area contributed by atoms with Crippen LogP contribution in [0.15, 0.2) is 53.8 Å². The van der Waals surface area contributed by atoms with Gasteiger partial charge >= 0.3 is 0 Å². The highest BCUT2D eigenvalue weighted by atomic mass is 16.2. The molecule has 2 aromatic rings. The van der Waals surface area contributed by atoms with Gasteiger partial charge in [0.15, 0.2) is 5.69 Å². The first-order chi connectivity index (χ1) is 18.2. The lowest BCUT2D eigenvalue weighted by Gasteiger charge is -2.39. The fourth-order valence-corrected chi connectivity index (χ4v) is 5.60. The van der Waals surface area contributed by atoms with Crippen molar-refractivity contribution in [3.63, 3.8) is 0 Å². The van der Waals surface area contributed by atoms with E-state index in [1.54, 1.807) is 17.2 Å². The van der Waals surface area contributed by atoms with Gasteiger partial charge in [-0.1, -0.05) is 29.9 Å². The second-order valence-electron chi connectivity index (χ2n) is 10.8. The SMILES string of the molecule is C/C(=C\c1c(-c2ccc(N)nc2C#N)ccnc1C)CN1CC[C@H](C2=CCC(C(=O)N(C)C)C=C2)CC1C. The monoisotopic (exact) mass is 510 g/mol. The Hall–Kier alpha value is -3.76. The molecule has 7 nitrogen and oxygen atoms in total. The molecule has 1 fully saturated rings. The number of allylic oxidation sites excluding steroid dienone is 3. The molecule has 2 aliphatic rings. The second kappa shape index (κ2) is 11.7. The van der Waals surface area contributed by atoms with E-state index >= 15 is 0 Å². The van der Waals surface area contributed by atoms with E-state index in [1.165, 1.54) is 11.1 Å². The van der Waals surface area contributed by atoms with Gasteiger partial charge in [-0.2, -0.15) is 5.26 Å². The molecular formula is C31H38N6O. The molecule has 2 unspecified atom stereocenters. The molecule has 198 valence electrons. The smallest absolute Gasteiger partial charge is 0.229 e. The molecule has 1 aliphatic carbocycles. The van der Waals surface area contributed by atoms with Gasteiger partial charge in [0.1, 0.15) is 11.9 Å². The molecule has 0 aromatic carbocycles. The van der Waals surface area contributed by atoms with E-state index in [2.05, 4.69) is 59.1 Å². The fourth-order valence-electron chi connectivity index (χ4n) is 5.60. The van der Waals surface area contributed by atoms with Gasteiger partial charge in [-0.15, -0.1) is 0 Å². The van der Waals surface area contributed by atoms with E-state index < -0.39 is 0 Å². The van der Waals surface area contributed by atoms with Crippen molar-refractivity contribution in [2.45, 2.75) is 46.1 Å². The van der Waals surface area contributed by atoms with Crippen LogP contribution >= 0.6 is 0 Å². The van der Waals surface area contributed by atoms with Crippen molar-refractivity contribution in [3.8, 4) is 17.2 Å². The highest BCUT2D eigenvalue weighted by molar-refractivity contribution is 5.81. The van der Waals surface area contributed by atoms with Crippen molar-refractivity contribution < 1.29 is 4.79 Å². The molecule has 0 radical (unpaired) electrons. The van der Waals surface area contributed by atoms with Crippen molar-refractivity contribution in [1.29, 1.82) is 5.26 Å². The number of piperidine rings is 1. The Morgan fingerprint density at radius 2 is 2.08 bits per heavy atom. The number of likely N-dealkylation sites (tertiary alicyclic amines) is 1. The molecule has 38 heavy (non-hydrogen) atoms. The molecule has 0 bridgehead atoms. The Morgan fingerprint density at radius 1 is 1.29 bits per heavy atom. The van der Waals surface area contributed by atoms with E-state index in [0.29, 0.717) is 23.5 Å². The van der Waals surface area contributed by atoms with Crippen LogP contribution in [0.25, 0.3) is 17.2 Å². The number of carbonyl (C=O) groups excluding carboxylic acids is 1. The van der Waals surface area contributed by atoms with Gasteiger partial charge in [-0.25, -0.2) is 4.98 Å². The number of amides is 1. The van der Waals surface area contributed by atoms with Crippen LogP contribution in [0, 0.1) is 30.1 Å². The van der Waals surface area contributed by atoms with E-state index in [-0.39, 0.29) is 11.8 Å². The lowest BCUT2D eigenvalue weighted by atomic mass is 9.81. The van der Waals surface area contributed by atoms with Gasteiger partial charge in [-0.3, -0.25) is 14.7 Å². The molecule has 0 spiro atoms. The molecule has 1 amide bonds. The van der Waals surface area contributed by atoms with Crippen molar-refractivity contribution in [3.05, 3.63) is 70.7 Å². The maximum atomic E-state index is 12.3. The number of hydrogen-bond acceptors (Lipinski definition) is 6. The number of hydrogen-bond donors (Lipinski definition) is 1. The molecule has 1 saturated heterocycles. The summed E-state index contributed by atoms with van der Waals surface area (Å²) in [6.45, 7) is 8.37. The molecule has 3 heterocycles. The average molecular weight is 511 g/mol. The Labute approximate surface area is 226 Å². The summed E-state index contributed by atoms with van der Waals surface area (Å²) in [6, 6.07) is 8.17. The molecule has 3 atom stereocenters. The minimum atomic E-state index is -0.0341. The first kappa shape index (κ1) is 27.3. The maximum Gasteiger partial charge on any atom is 0.229 e. The second-order valence-corrected chi connectivity index (χ2v) is 10.8. The van der Waals surface area contributed by atoms with Gasteiger partial charge in [0.05, 0.1) is 5.92 Å². The van der Waals surface area contributed by atoms with Gasteiger partial charge in [0.2, 0.25) is 5.91 Å². The Bertz CT molecular complexity index is 1330. The van der Waals surface area contributed by atoms with E-state index in [4.69, 9.17) is 5.73 Å². The van der Waals surface area contributed by atoms with Crippen LogP contribution in [0.1, 0.15) is 50.1 Å². The van der Waals surface area contributed by atoms with E-state index in [0.717, 1.165) is 54.7 Å². The number of carbonyl (C=O) groups is 1. The topological polar surface area (TPSA) is 99.1 Å². The van der Waals surface area contributed by atoms with Gasteiger partial charge in [0.25, 0.3) is 0 Å². The zero-order valence-electron chi connectivity index (χ0n) is 23.1. The quantitative estimate of drug-likeness (QED) is 0.587. The number of aryl methyl sites for hydroxylation is 1. The summed E-state index contributed by atoms with van der Waals surface area (Å²) in [7, 11) is 3.64. The lowest BCUT2D eigenvalue weighted by Crippen LogP contribution is -2.42. The van der Waals surface area contributed by atoms with E-state index in [9.17, 15) is 10.1 Å². The summed E-state index contributed by atoms with van der Waals surface area (Å²) in [6.07, 6.45) is 13.5. The number of nitriles is 1. The van der Waals surface area contributed by atoms with Crippen molar-refractivity contribution in [1.82, 2.24) is 19.8 Å². The van der Waals surface area contributed by atoms with Crippen molar-refractivity contribution in [2.75, 3.05) is 32.9 Å². The van der Waals surface area contributed by atoms with Crippen LogP contribution in [0.3, 0.4) is 0 Å². The number of nitrogens with two attached hydrogens (primary N) is 1. The number of nitrogens with zero attached hydrogens (tertiary/aromatic N) is 5. The number of anilines is 1. The third-order valence-electron chi connectivity index (χ3n) is 7.72. The van der Waals surface area contributed by atoms with Crippen LogP contribution in [0.4, 0.5) is 5.82 Å². The molecule has 2 N–H and O–H groups in total. The van der Waals surface area contributed by atoms with Crippen LogP contribution in [0.5, 0.6) is 0 Å². The largest absolute Gasteiger partial charge is 0.384 e. The minimum absolute atomic E-state index is 0.0341. The molecular weight excluding hydrogens is 472 g/mol. The fraction of sp³-hybridized carbons (Fsp3) is 0.419. The highest BCUT2D eigenvalue weighted by Gasteiger charge is 2.29. The molecule has 0 saturated carbocycles. The van der Waals surface area contributed by atoms with Crippen LogP contribution in [-0.2, 0) is 4.79 Å². The zero-order valence-corrected chi connectivity index (χ0v) is 23.1. The predicted molar refractivity (Wildman–Crippen MR) is 153 cm³/mol. The molecule has 7 heteroatoms. The summed E-state index contributed by atoms with van der Waals surface area (Å²) in [5.41, 5.74) is 12.4. The van der Waals surface area contributed by atoms with Crippen LogP contribution in [-0.4, -0.2) is 58.9 Å². The van der Waals surface area contributed by atoms with E-state index in [1.807, 2.05) is 33.2 Å². The standard InChI is InChI=1S/C31H38N6O/c1-20(16-28-22(3)34-14-12-26(28)27-10-11-30(33)35-29(27)18-32)19-37-15-13-25(17-21(37)2)23-6-8-24(9-7-23)31(38)36(4)5/h6-8,10-12,14,16,21,24-25H,9,13,15,17,19H2,1-5H3,(H2,33,35)/b20-16+/t21?,24?,25-/m0/s1. The maximum absolute atomic E-state index is 12.3. The normalized spacial score (nSPS) is 22.1. The Balaban J connectivity index is 1.45. The lowest BCUT2D eigenvalue weighted by molar-refractivity contribution is -0.131. The number of rotatable bonds is 6. The minimum Gasteiger partial charge on any atom is -0.384 e. The summed E-state index contributed by atoms with van der Waals surface area (Å²) in [4.78, 5) is 25.3. The number of pyridine rings is 2. The zero-order chi connectivity index (χ0) is 27.4. The van der Waals surface area contributed by atoms with Crippen LogP contribution < -0.4 is 5.73 Å². The molecule has 4 rings (SSSR count). The predicted octanol–water partition coefficient (Wildman–Crippen LogP) is 5.00. The summed E-state index contributed by atoms with van der Waals surface area (Å²) >= 11 is 0. The van der Waals surface area contributed by atoms with Gasteiger partial charge in [0, 0.05) is 49.7 Å². The van der Waals surface area contributed by atoms with Gasteiger partial charge in [-0.05, 0) is 81.8 Å². The first-order valence-electron chi connectivity index (χ1n) is 13.3. The van der Waals surface area contributed by atoms with Crippen LogP contribution in [0.2, 0.25) is 0 Å². The number of aromatic nitrogens is 2. The van der Waals surface area contributed by atoms with Crippen molar-refractivity contribution >= 4 is 17.8 Å².